The quantitative estimate of drug-likeness (QED) is 0.442. The molecule has 1 aromatic rings. The van der Waals surface area contributed by atoms with Gasteiger partial charge in [-0.25, -0.2) is 4.39 Å². The van der Waals surface area contributed by atoms with E-state index in [9.17, 15) is 31.9 Å². The highest BCUT2D eigenvalue weighted by Gasteiger charge is 2.39. The summed E-state index contributed by atoms with van der Waals surface area (Å²) < 4.78 is 52.3. The summed E-state index contributed by atoms with van der Waals surface area (Å²) in [7, 11) is 1.41. The maximum atomic E-state index is 13.3. The van der Waals surface area contributed by atoms with Gasteiger partial charge < -0.3 is 15.2 Å². The lowest BCUT2D eigenvalue weighted by molar-refractivity contribution is -0.156. The van der Waals surface area contributed by atoms with Crippen molar-refractivity contribution in [3.8, 4) is 0 Å². The summed E-state index contributed by atoms with van der Waals surface area (Å²) in [6.45, 7) is 6.37. The van der Waals surface area contributed by atoms with Gasteiger partial charge in [0, 0.05) is 12.7 Å². The number of halogens is 4. The Kier molecular flexibility index (Phi) is 6.79. The Bertz CT molecular complexity index is 754. The van der Waals surface area contributed by atoms with E-state index in [1.54, 1.807) is 5.32 Å². The fourth-order valence-corrected chi connectivity index (χ4v) is 2.48. The van der Waals surface area contributed by atoms with Crippen molar-refractivity contribution in [2.45, 2.75) is 59.1 Å². The highest BCUT2D eigenvalue weighted by atomic mass is 19.4. The van der Waals surface area contributed by atoms with Gasteiger partial charge in [-0.15, -0.1) is 0 Å². The number of carbonyl (C=O) groups excluding carboxylic acids is 3. The van der Waals surface area contributed by atoms with E-state index in [1.165, 1.54) is 39.3 Å². The van der Waals surface area contributed by atoms with E-state index in [4.69, 9.17) is 0 Å². The van der Waals surface area contributed by atoms with Crippen LogP contribution in [0.5, 0.6) is 0 Å². The van der Waals surface area contributed by atoms with Crippen molar-refractivity contribution in [1.82, 2.24) is 15.2 Å². The first-order valence-electron chi connectivity index (χ1n) is 8.22. The predicted octanol–water partition coefficient (Wildman–Crippen LogP) is 2.37. The summed E-state index contributed by atoms with van der Waals surface area (Å²) in [4.78, 5) is 36.7. The van der Waals surface area contributed by atoms with Crippen molar-refractivity contribution >= 4 is 17.6 Å². The molecule has 0 saturated carbocycles. The molecule has 27 heavy (non-hydrogen) atoms. The highest BCUT2D eigenvalue weighted by molar-refractivity contribution is 6.43. The summed E-state index contributed by atoms with van der Waals surface area (Å²) in [6.07, 6.45) is -6.01. The molecule has 1 rings (SSSR count). The largest absolute Gasteiger partial charge is 0.408 e. The van der Waals surface area contributed by atoms with E-state index >= 15 is 0 Å². The van der Waals surface area contributed by atoms with E-state index in [1.807, 2.05) is 0 Å². The molecule has 0 saturated heterocycles. The van der Waals surface area contributed by atoms with Crippen LogP contribution in [0.2, 0.25) is 0 Å². The Balaban J connectivity index is 3.19. The second kappa shape index (κ2) is 8.10. The number of rotatable bonds is 6. The number of ketones is 1. The van der Waals surface area contributed by atoms with Crippen LogP contribution < -0.4 is 10.6 Å². The Morgan fingerprint density at radius 2 is 1.56 bits per heavy atom. The van der Waals surface area contributed by atoms with Gasteiger partial charge in [0.05, 0.1) is 17.3 Å². The summed E-state index contributed by atoms with van der Waals surface area (Å²) in [5, 5.41) is 4.05. The minimum atomic E-state index is -4.70. The predicted molar refractivity (Wildman–Crippen MR) is 90.4 cm³/mol. The Morgan fingerprint density at radius 1 is 1.04 bits per heavy atom. The SMILES string of the molecule is Cc1c(C(=O)NC(C)[C@@H](C)F)c(C)n(C)c1C(=O)C(=O)N[C@@H](C)C(F)(F)F. The third kappa shape index (κ3) is 4.86. The molecule has 1 aromatic heterocycles. The van der Waals surface area contributed by atoms with Crippen LogP contribution in [-0.4, -0.2) is 46.6 Å². The molecule has 0 radical (unpaired) electrons. The van der Waals surface area contributed by atoms with Gasteiger partial charge in [0.2, 0.25) is 0 Å². The van der Waals surface area contributed by atoms with Crippen LogP contribution >= 0.6 is 0 Å². The van der Waals surface area contributed by atoms with Gasteiger partial charge in [0.15, 0.2) is 0 Å². The molecule has 3 atom stereocenters. The number of carbonyl (C=O) groups is 3. The van der Waals surface area contributed by atoms with Crippen LogP contribution in [0.15, 0.2) is 0 Å². The van der Waals surface area contributed by atoms with Crippen molar-refractivity contribution in [2.24, 2.45) is 7.05 Å². The Hall–Kier alpha value is -2.39. The average molecular weight is 393 g/mol. The van der Waals surface area contributed by atoms with E-state index in [-0.39, 0.29) is 16.8 Å². The van der Waals surface area contributed by atoms with Gasteiger partial charge in [-0.1, -0.05) is 0 Å². The van der Waals surface area contributed by atoms with E-state index in [0.29, 0.717) is 12.6 Å². The molecule has 2 N–H and O–H groups in total. The molecule has 10 heteroatoms. The Labute approximate surface area is 154 Å². The zero-order valence-corrected chi connectivity index (χ0v) is 15.9. The highest BCUT2D eigenvalue weighted by Crippen LogP contribution is 2.23. The second-order valence-electron chi connectivity index (χ2n) is 6.50. The van der Waals surface area contributed by atoms with Gasteiger partial charge in [-0.2, -0.15) is 13.2 Å². The molecule has 0 fully saturated rings. The second-order valence-corrected chi connectivity index (χ2v) is 6.50. The third-order valence-electron chi connectivity index (χ3n) is 4.47. The van der Waals surface area contributed by atoms with E-state index in [2.05, 4.69) is 5.32 Å². The van der Waals surface area contributed by atoms with Crippen molar-refractivity contribution in [3.63, 3.8) is 0 Å². The van der Waals surface area contributed by atoms with Crippen molar-refractivity contribution < 1.29 is 31.9 Å². The van der Waals surface area contributed by atoms with Gasteiger partial charge in [-0.3, -0.25) is 14.4 Å². The van der Waals surface area contributed by atoms with Gasteiger partial charge >= 0.3 is 6.18 Å². The van der Waals surface area contributed by atoms with Crippen LogP contribution in [0, 0.1) is 13.8 Å². The minimum absolute atomic E-state index is 0.0741. The van der Waals surface area contributed by atoms with E-state index in [0.717, 1.165) is 0 Å². The van der Waals surface area contributed by atoms with Gasteiger partial charge in [-0.05, 0) is 40.2 Å². The van der Waals surface area contributed by atoms with Crippen molar-refractivity contribution in [1.29, 1.82) is 0 Å². The summed E-state index contributed by atoms with van der Waals surface area (Å²) in [6, 6.07) is -2.99. The molecule has 0 spiro atoms. The lowest BCUT2D eigenvalue weighted by Crippen LogP contribution is -2.46. The van der Waals surface area contributed by atoms with Crippen molar-refractivity contribution in [3.05, 3.63) is 22.5 Å². The lowest BCUT2D eigenvalue weighted by atomic mass is 10.1. The Morgan fingerprint density at radius 3 is 2.00 bits per heavy atom. The average Bonchev–Trinajstić information content (AvgIpc) is 2.75. The minimum Gasteiger partial charge on any atom is -0.347 e. The molecule has 0 aliphatic carbocycles. The molecule has 0 bridgehead atoms. The van der Waals surface area contributed by atoms with Gasteiger partial charge in [0.25, 0.3) is 17.6 Å². The first-order valence-corrected chi connectivity index (χ1v) is 8.22. The third-order valence-corrected chi connectivity index (χ3v) is 4.47. The molecule has 6 nitrogen and oxygen atoms in total. The van der Waals surface area contributed by atoms with Crippen LogP contribution in [0.1, 0.15) is 52.9 Å². The number of hydrogen-bond acceptors (Lipinski definition) is 3. The molecular formula is C17H23F4N3O3. The molecule has 0 aliphatic heterocycles. The lowest BCUT2D eigenvalue weighted by Gasteiger charge is -2.16. The standard InChI is InChI=1S/C17H23F4N3O3/c1-7-12(15(26)22-9(3)8(2)18)10(4)24(6)13(7)14(25)16(27)23-11(5)17(19,20)21/h8-9,11H,1-6H3,(H,22,26)(H,23,27)/t8-,9?,11+/m1/s1. The van der Waals surface area contributed by atoms with Gasteiger partial charge in [0.1, 0.15) is 12.2 Å². The first-order chi connectivity index (χ1) is 12.2. The van der Waals surface area contributed by atoms with E-state index < -0.39 is 42.0 Å². The summed E-state index contributed by atoms with van der Waals surface area (Å²) in [5.74, 6) is -3.26. The zero-order chi connectivity index (χ0) is 21.3. The van der Waals surface area contributed by atoms with Crippen LogP contribution in [0.25, 0.3) is 0 Å². The fourth-order valence-electron chi connectivity index (χ4n) is 2.48. The number of nitrogens with zero attached hydrogens (tertiary/aromatic N) is 1. The number of Topliss-reactive ketones (excluding diaryl/α,β-unsaturated/α-hetero) is 1. The molecular weight excluding hydrogens is 370 g/mol. The summed E-state index contributed by atoms with van der Waals surface area (Å²) in [5.41, 5.74) is 0.324. The zero-order valence-electron chi connectivity index (χ0n) is 15.9. The van der Waals surface area contributed by atoms with Crippen molar-refractivity contribution in [2.75, 3.05) is 0 Å². The first kappa shape index (κ1) is 22.7. The molecule has 0 aromatic carbocycles. The van der Waals surface area contributed by atoms with Crippen LogP contribution in [-0.2, 0) is 11.8 Å². The number of aromatic nitrogens is 1. The molecule has 1 unspecified atom stereocenters. The summed E-state index contributed by atoms with van der Waals surface area (Å²) >= 11 is 0. The smallest absolute Gasteiger partial charge is 0.347 e. The maximum Gasteiger partial charge on any atom is 0.408 e. The fraction of sp³-hybridized carbons (Fsp3) is 0.588. The number of hydrogen-bond donors (Lipinski definition) is 2. The monoisotopic (exact) mass is 393 g/mol. The molecule has 152 valence electrons. The number of alkyl halides is 4. The molecule has 1 heterocycles. The number of amides is 2. The molecule has 2 amide bonds. The normalized spacial score (nSPS) is 15.0. The van der Waals surface area contributed by atoms with Crippen LogP contribution in [0.4, 0.5) is 17.6 Å². The maximum absolute atomic E-state index is 13.3. The topological polar surface area (TPSA) is 80.2 Å². The van der Waals surface area contributed by atoms with Crippen LogP contribution in [0.3, 0.4) is 0 Å². The number of nitrogens with one attached hydrogen (secondary N) is 2. The molecule has 0 aliphatic rings.